The van der Waals surface area contributed by atoms with Crippen molar-refractivity contribution in [3.63, 3.8) is 0 Å². The van der Waals surface area contributed by atoms with Crippen LogP contribution in [0.15, 0.2) is 16.6 Å². The van der Waals surface area contributed by atoms with Gasteiger partial charge in [-0.15, -0.1) is 0 Å². The van der Waals surface area contributed by atoms with Gasteiger partial charge < -0.3 is 15.2 Å². The molecule has 4 nitrogen and oxygen atoms in total. The molecule has 5 heteroatoms. The van der Waals surface area contributed by atoms with Gasteiger partial charge in [0.25, 0.3) is 0 Å². The fourth-order valence-electron chi connectivity index (χ4n) is 4.21. The lowest BCUT2D eigenvalue weighted by molar-refractivity contribution is 0.171. The van der Waals surface area contributed by atoms with Crippen molar-refractivity contribution >= 4 is 15.9 Å². The van der Waals surface area contributed by atoms with Crippen LogP contribution in [0.25, 0.3) is 0 Å². The van der Waals surface area contributed by atoms with Crippen molar-refractivity contribution < 1.29 is 9.47 Å². The Morgan fingerprint density at radius 3 is 2.68 bits per heavy atom. The van der Waals surface area contributed by atoms with Crippen LogP contribution < -0.4 is 15.2 Å². The first-order chi connectivity index (χ1) is 10.7. The second kappa shape index (κ2) is 6.02. The quantitative estimate of drug-likeness (QED) is 0.873. The zero-order valence-electron chi connectivity index (χ0n) is 12.8. The standard InChI is InChI=1S/C17H23BrN2O2/c18-14-7-17-16(21-4-5-22-17)6-12(14)9-20-8-11-2-1-3-15(19)13(11)10-20/h6-7,11,13,15H,1-5,8-10,19H2. The third kappa shape index (κ3) is 2.74. The number of fused-ring (bicyclic) bond motifs is 2. The molecule has 1 aromatic rings. The van der Waals surface area contributed by atoms with Crippen molar-refractivity contribution in [2.45, 2.75) is 31.8 Å². The molecule has 1 saturated heterocycles. The zero-order valence-corrected chi connectivity index (χ0v) is 14.3. The van der Waals surface area contributed by atoms with E-state index in [2.05, 4.69) is 26.9 Å². The number of halogens is 1. The molecule has 3 unspecified atom stereocenters. The highest BCUT2D eigenvalue weighted by molar-refractivity contribution is 9.10. The van der Waals surface area contributed by atoms with Gasteiger partial charge in [0, 0.05) is 30.1 Å². The molecular formula is C17H23BrN2O2. The second-order valence-corrected chi connectivity index (χ2v) is 7.65. The Labute approximate surface area is 140 Å². The van der Waals surface area contributed by atoms with Crippen molar-refractivity contribution in [2.75, 3.05) is 26.3 Å². The van der Waals surface area contributed by atoms with Gasteiger partial charge in [0.05, 0.1) is 0 Å². The summed E-state index contributed by atoms with van der Waals surface area (Å²) in [5, 5.41) is 0. The maximum absolute atomic E-state index is 6.32. The molecule has 3 aliphatic rings. The summed E-state index contributed by atoms with van der Waals surface area (Å²) in [6.45, 7) is 4.53. The van der Waals surface area contributed by atoms with Gasteiger partial charge in [-0.2, -0.15) is 0 Å². The average Bonchev–Trinajstić information content (AvgIpc) is 2.92. The summed E-state index contributed by atoms with van der Waals surface area (Å²) in [7, 11) is 0. The predicted octanol–water partition coefficient (Wildman–Crippen LogP) is 2.78. The fraction of sp³-hybridized carbons (Fsp3) is 0.647. The Balaban J connectivity index is 1.50. The van der Waals surface area contributed by atoms with E-state index in [4.69, 9.17) is 15.2 Å². The summed E-state index contributed by atoms with van der Waals surface area (Å²) in [6, 6.07) is 4.56. The van der Waals surface area contributed by atoms with Crippen molar-refractivity contribution in [1.29, 1.82) is 0 Å². The van der Waals surface area contributed by atoms with Crippen LogP contribution in [0.2, 0.25) is 0 Å². The first-order valence-electron chi connectivity index (χ1n) is 8.26. The van der Waals surface area contributed by atoms with Crippen LogP contribution in [0.1, 0.15) is 24.8 Å². The molecule has 1 saturated carbocycles. The van der Waals surface area contributed by atoms with E-state index in [1.807, 2.05) is 6.07 Å². The van der Waals surface area contributed by atoms with Crippen LogP contribution in [0, 0.1) is 11.8 Å². The summed E-state index contributed by atoms with van der Waals surface area (Å²) < 4.78 is 12.5. The minimum Gasteiger partial charge on any atom is -0.486 e. The Morgan fingerprint density at radius 1 is 1.14 bits per heavy atom. The minimum absolute atomic E-state index is 0.396. The lowest BCUT2D eigenvalue weighted by atomic mass is 9.78. The molecule has 0 spiro atoms. The number of likely N-dealkylation sites (tertiary alicyclic amines) is 1. The lowest BCUT2D eigenvalue weighted by Gasteiger charge is -2.29. The monoisotopic (exact) mass is 366 g/mol. The average molecular weight is 367 g/mol. The number of benzene rings is 1. The first kappa shape index (κ1) is 14.8. The Kier molecular flexibility index (Phi) is 4.05. The van der Waals surface area contributed by atoms with E-state index in [0.29, 0.717) is 25.2 Å². The molecule has 0 amide bonds. The highest BCUT2D eigenvalue weighted by Gasteiger charge is 2.38. The maximum Gasteiger partial charge on any atom is 0.162 e. The van der Waals surface area contributed by atoms with Crippen molar-refractivity contribution in [2.24, 2.45) is 17.6 Å². The van der Waals surface area contributed by atoms with E-state index in [1.165, 1.54) is 31.4 Å². The highest BCUT2D eigenvalue weighted by Crippen LogP contribution is 2.39. The fourth-order valence-corrected chi connectivity index (χ4v) is 4.65. The van der Waals surface area contributed by atoms with E-state index in [-0.39, 0.29) is 0 Å². The third-order valence-corrected chi connectivity index (χ3v) is 6.07. The largest absolute Gasteiger partial charge is 0.486 e. The topological polar surface area (TPSA) is 47.7 Å². The van der Waals surface area contributed by atoms with E-state index in [0.717, 1.165) is 35.0 Å². The van der Waals surface area contributed by atoms with Gasteiger partial charge in [0.1, 0.15) is 13.2 Å². The molecule has 1 aliphatic carbocycles. The number of rotatable bonds is 2. The third-order valence-electron chi connectivity index (χ3n) is 5.33. The number of nitrogens with two attached hydrogens (primary N) is 1. The first-order valence-corrected chi connectivity index (χ1v) is 9.06. The molecule has 22 heavy (non-hydrogen) atoms. The molecule has 1 aromatic carbocycles. The molecule has 2 N–H and O–H groups in total. The molecule has 3 atom stereocenters. The van der Waals surface area contributed by atoms with Crippen LogP contribution in [0.3, 0.4) is 0 Å². The Morgan fingerprint density at radius 2 is 1.91 bits per heavy atom. The van der Waals surface area contributed by atoms with Crippen LogP contribution in [0.4, 0.5) is 0 Å². The van der Waals surface area contributed by atoms with Crippen LogP contribution in [-0.2, 0) is 6.54 Å². The summed E-state index contributed by atoms with van der Waals surface area (Å²) in [6.07, 6.45) is 3.84. The van der Waals surface area contributed by atoms with Gasteiger partial charge in [-0.3, -0.25) is 4.90 Å². The predicted molar refractivity (Wildman–Crippen MR) is 89.2 cm³/mol. The molecule has 0 radical (unpaired) electrons. The number of hydrogen-bond donors (Lipinski definition) is 1. The maximum atomic E-state index is 6.32. The molecule has 0 aromatic heterocycles. The lowest BCUT2D eigenvalue weighted by Crippen LogP contribution is -2.38. The van der Waals surface area contributed by atoms with E-state index in [1.54, 1.807) is 0 Å². The minimum atomic E-state index is 0.396. The summed E-state index contributed by atoms with van der Waals surface area (Å²) in [5.74, 6) is 3.20. The van der Waals surface area contributed by atoms with Gasteiger partial charge in [-0.05, 0) is 42.4 Å². The SMILES string of the molecule is NC1CCCC2CN(Cc3cc4c(cc3Br)OCCO4)CC12. The van der Waals surface area contributed by atoms with Crippen LogP contribution in [0.5, 0.6) is 11.5 Å². The van der Waals surface area contributed by atoms with Gasteiger partial charge in [0.2, 0.25) is 0 Å². The van der Waals surface area contributed by atoms with Crippen LogP contribution in [-0.4, -0.2) is 37.2 Å². The van der Waals surface area contributed by atoms with Crippen molar-refractivity contribution in [3.8, 4) is 11.5 Å². The van der Waals surface area contributed by atoms with E-state index in [9.17, 15) is 0 Å². The molecule has 120 valence electrons. The normalized spacial score (nSPS) is 31.1. The molecule has 2 aliphatic heterocycles. The summed E-state index contributed by atoms with van der Waals surface area (Å²) in [4.78, 5) is 2.55. The molecule has 0 bridgehead atoms. The van der Waals surface area contributed by atoms with Gasteiger partial charge in [-0.1, -0.05) is 22.4 Å². The highest BCUT2D eigenvalue weighted by atomic mass is 79.9. The second-order valence-electron chi connectivity index (χ2n) is 6.80. The Hall–Kier alpha value is -0.780. The van der Waals surface area contributed by atoms with E-state index < -0.39 is 0 Å². The molecule has 2 fully saturated rings. The number of ether oxygens (including phenoxy) is 2. The summed E-state index contributed by atoms with van der Waals surface area (Å²) >= 11 is 3.68. The molecule has 2 heterocycles. The van der Waals surface area contributed by atoms with Gasteiger partial charge in [-0.25, -0.2) is 0 Å². The van der Waals surface area contributed by atoms with Gasteiger partial charge in [0.15, 0.2) is 11.5 Å². The number of hydrogen-bond acceptors (Lipinski definition) is 4. The smallest absolute Gasteiger partial charge is 0.162 e. The zero-order chi connectivity index (χ0) is 15.1. The molecular weight excluding hydrogens is 344 g/mol. The van der Waals surface area contributed by atoms with Gasteiger partial charge >= 0.3 is 0 Å². The Bertz CT molecular complexity index is 566. The number of nitrogens with zero attached hydrogens (tertiary/aromatic N) is 1. The van der Waals surface area contributed by atoms with E-state index >= 15 is 0 Å². The van der Waals surface area contributed by atoms with Crippen LogP contribution >= 0.6 is 15.9 Å². The van der Waals surface area contributed by atoms with Crippen molar-refractivity contribution in [3.05, 3.63) is 22.2 Å². The summed E-state index contributed by atoms with van der Waals surface area (Å²) in [5.41, 5.74) is 7.60. The van der Waals surface area contributed by atoms with Crippen molar-refractivity contribution in [1.82, 2.24) is 4.90 Å². The molecule has 4 rings (SSSR count).